The summed E-state index contributed by atoms with van der Waals surface area (Å²) in [5.74, 6) is 0.670. The van der Waals surface area contributed by atoms with Gasteiger partial charge in [-0.05, 0) is 67.3 Å². The van der Waals surface area contributed by atoms with Crippen LogP contribution in [0.15, 0.2) is 67.0 Å². The standard InChI is InChI=1S/C26H28N4O4/c1-33-21-7-5-19(6-8-21)25(31)22-3-2-4-23(27)24(22)29-26(32)34-17-18-11-15-30(16-12-18)20-9-13-28-14-10-20/h2-10,13-14,18H,11-12,15-17,27H2,1H3,(H,29,32). The average molecular weight is 461 g/mol. The van der Waals surface area contributed by atoms with E-state index in [0.29, 0.717) is 29.2 Å². The molecule has 176 valence electrons. The minimum absolute atomic E-state index is 0.251. The molecule has 0 unspecified atom stereocenters. The molecule has 3 N–H and O–H groups in total. The maximum absolute atomic E-state index is 13.1. The number of aromatic nitrogens is 1. The lowest BCUT2D eigenvalue weighted by atomic mass is 9.97. The molecule has 0 bridgehead atoms. The Morgan fingerprint density at radius 3 is 2.44 bits per heavy atom. The summed E-state index contributed by atoms with van der Waals surface area (Å²) in [5.41, 5.74) is 8.55. The Morgan fingerprint density at radius 1 is 1.06 bits per heavy atom. The van der Waals surface area contributed by atoms with E-state index in [0.717, 1.165) is 31.6 Å². The summed E-state index contributed by atoms with van der Waals surface area (Å²) >= 11 is 0. The molecule has 1 amide bonds. The maximum atomic E-state index is 13.1. The van der Waals surface area contributed by atoms with E-state index < -0.39 is 6.09 Å². The van der Waals surface area contributed by atoms with Crippen LogP contribution in [-0.2, 0) is 4.74 Å². The largest absolute Gasteiger partial charge is 0.497 e. The minimum atomic E-state index is -0.627. The number of carbonyl (C=O) groups excluding carboxylic acids is 2. The molecule has 4 rings (SSSR count). The molecule has 0 aliphatic carbocycles. The number of nitrogens with two attached hydrogens (primary N) is 1. The van der Waals surface area contributed by atoms with Crippen LogP contribution in [0.1, 0.15) is 28.8 Å². The monoisotopic (exact) mass is 460 g/mol. The highest BCUT2D eigenvalue weighted by Crippen LogP contribution is 2.27. The fourth-order valence-corrected chi connectivity index (χ4v) is 4.04. The van der Waals surface area contributed by atoms with E-state index in [1.54, 1.807) is 62.0 Å². The number of anilines is 3. The van der Waals surface area contributed by atoms with Crippen molar-refractivity contribution in [3.05, 3.63) is 78.1 Å². The third-order valence-electron chi connectivity index (χ3n) is 6.01. The van der Waals surface area contributed by atoms with Gasteiger partial charge in [0, 0.05) is 42.3 Å². The van der Waals surface area contributed by atoms with Crippen LogP contribution in [0.2, 0.25) is 0 Å². The molecule has 8 heteroatoms. The van der Waals surface area contributed by atoms with Crippen molar-refractivity contribution < 1.29 is 19.1 Å². The zero-order valence-corrected chi connectivity index (χ0v) is 19.1. The molecule has 0 saturated carbocycles. The fraction of sp³-hybridized carbons (Fsp3) is 0.269. The first kappa shape index (κ1) is 23.1. The van der Waals surface area contributed by atoms with E-state index in [9.17, 15) is 9.59 Å². The number of para-hydroxylation sites is 1. The molecule has 2 heterocycles. The van der Waals surface area contributed by atoms with Gasteiger partial charge in [0.15, 0.2) is 5.78 Å². The second-order valence-electron chi connectivity index (χ2n) is 8.19. The predicted octanol–water partition coefficient (Wildman–Crippen LogP) is 4.37. The molecule has 2 aromatic carbocycles. The number of carbonyl (C=O) groups is 2. The summed E-state index contributed by atoms with van der Waals surface area (Å²) in [6.07, 6.45) is 4.79. The summed E-state index contributed by atoms with van der Waals surface area (Å²) in [5, 5.41) is 2.68. The number of nitrogens with one attached hydrogen (secondary N) is 1. The van der Waals surface area contributed by atoms with E-state index >= 15 is 0 Å². The highest BCUT2D eigenvalue weighted by Gasteiger charge is 2.22. The molecule has 3 aromatic rings. The lowest BCUT2D eigenvalue weighted by Crippen LogP contribution is -2.35. The quantitative estimate of drug-likeness (QED) is 0.398. The molecule has 8 nitrogen and oxygen atoms in total. The van der Waals surface area contributed by atoms with Crippen LogP contribution >= 0.6 is 0 Å². The van der Waals surface area contributed by atoms with Crippen molar-refractivity contribution in [3.63, 3.8) is 0 Å². The van der Waals surface area contributed by atoms with Crippen molar-refractivity contribution in [2.75, 3.05) is 42.8 Å². The molecule has 0 radical (unpaired) electrons. The smallest absolute Gasteiger partial charge is 0.411 e. The van der Waals surface area contributed by atoms with Crippen LogP contribution in [0.4, 0.5) is 21.9 Å². The molecule has 34 heavy (non-hydrogen) atoms. The summed E-state index contributed by atoms with van der Waals surface area (Å²) in [7, 11) is 1.56. The number of pyridine rings is 1. The number of benzene rings is 2. The number of piperidine rings is 1. The van der Waals surface area contributed by atoms with Crippen LogP contribution in [0.25, 0.3) is 0 Å². The van der Waals surface area contributed by atoms with Gasteiger partial charge in [0.05, 0.1) is 25.1 Å². The van der Waals surface area contributed by atoms with Gasteiger partial charge in [0.25, 0.3) is 0 Å². The number of methoxy groups -OCH3 is 1. The first-order chi connectivity index (χ1) is 16.5. The molecular formula is C26H28N4O4. The van der Waals surface area contributed by atoms with Crippen LogP contribution < -0.4 is 20.7 Å². The number of nitrogens with zero attached hydrogens (tertiary/aromatic N) is 2. The van der Waals surface area contributed by atoms with Gasteiger partial charge in [-0.3, -0.25) is 15.1 Å². The van der Waals surface area contributed by atoms with Gasteiger partial charge in [-0.25, -0.2) is 4.79 Å². The third kappa shape index (κ3) is 5.46. The number of nitrogen functional groups attached to an aromatic ring is 1. The van der Waals surface area contributed by atoms with Crippen molar-refractivity contribution in [3.8, 4) is 5.75 Å². The SMILES string of the molecule is COc1ccc(C(=O)c2cccc(N)c2NC(=O)OCC2CCN(c3ccncc3)CC2)cc1. The van der Waals surface area contributed by atoms with E-state index in [2.05, 4.69) is 15.2 Å². The zero-order valence-electron chi connectivity index (χ0n) is 19.1. The number of rotatable bonds is 7. The Morgan fingerprint density at radius 2 is 1.76 bits per heavy atom. The van der Waals surface area contributed by atoms with Crippen molar-refractivity contribution in [2.45, 2.75) is 12.8 Å². The molecular weight excluding hydrogens is 432 g/mol. The van der Waals surface area contributed by atoms with E-state index in [-0.39, 0.29) is 17.4 Å². The van der Waals surface area contributed by atoms with Crippen LogP contribution in [-0.4, -0.2) is 43.7 Å². The summed E-state index contributed by atoms with van der Waals surface area (Å²) < 4.78 is 10.6. The molecule has 0 spiro atoms. The van der Waals surface area contributed by atoms with Crippen molar-refractivity contribution in [2.24, 2.45) is 5.92 Å². The van der Waals surface area contributed by atoms with Gasteiger partial charge < -0.3 is 20.1 Å². The maximum Gasteiger partial charge on any atom is 0.411 e. The first-order valence-electron chi connectivity index (χ1n) is 11.2. The number of hydrogen-bond acceptors (Lipinski definition) is 7. The highest BCUT2D eigenvalue weighted by atomic mass is 16.5. The molecule has 1 fully saturated rings. The number of amides is 1. The topological polar surface area (TPSA) is 107 Å². The molecule has 1 aliphatic heterocycles. The van der Waals surface area contributed by atoms with Crippen LogP contribution in [0.3, 0.4) is 0 Å². The lowest BCUT2D eigenvalue weighted by molar-refractivity contribution is 0.103. The number of hydrogen-bond donors (Lipinski definition) is 2. The van der Waals surface area contributed by atoms with Gasteiger partial charge in [-0.15, -0.1) is 0 Å². The van der Waals surface area contributed by atoms with Crippen molar-refractivity contribution >= 4 is 28.9 Å². The summed E-state index contributed by atoms with van der Waals surface area (Å²) in [4.78, 5) is 32.0. The molecule has 1 aromatic heterocycles. The zero-order chi connectivity index (χ0) is 23.9. The van der Waals surface area contributed by atoms with Crippen molar-refractivity contribution in [1.29, 1.82) is 0 Å². The Balaban J connectivity index is 1.34. The lowest BCUT2D eigenvalue weighted by Gasteiger charge is -2.33. The number of ketones is 1. The third-order valence-corrected chi connectivity index (χ3v) is 6.01. The van der Waals surface area contributed by atoms with Gasteiger partial charge in [-0.2, -0.15) is 0 Å². The Kier molecular flexibility index (Phi) is 7.27. The Bertz CT molecular complexity index is 1130. The average Bonchev–Trinajstić information content (AvgIpc) is 2.89. The second-order valence-corrected chi connectivity index (χ2v) is 8.19. The summed E-state index contributed by atoms with van der Waals surface area (Å²) in [6.45, 7) is 2.10. The van der Waals surface area contributed by atoms with Crippen LogP contribution in [0, 0.1) is 5.92 Å². The molecule has 1 aliphatic rings. The number of ether oxygens (including phenoxy) is 2. The van der Waals surface area contributed by atoms with Gasteiger partial charge >= 0.3 is 6.09 Å². The van der Waals surface area contributed by atoms with Gasteiger partial charge in [0.1, 0.15) is 5.75 Å². The highest BCUT2D eigenvalue weighted by molar-refractivity contribution is 6.15. The van der Waals surface area contributed by atoms with Crippen LogP contribution in [0.5, 0.6) is 5.75 Å². The predicted molar refractivity (Wildman–Crippen MR) is 131 cm³/mol. The fourth-order valence-electron chi connectivity index (χ4n) is 4.04. The van der Waals surface area contributed by atoms with E-state index in [1.807, 2.05) is 12.1 Å². The molecule has 1 saturated heterocycles. The Labute approximate surface area is 198 Å². The van der Waals surface area contributed by atoms with E-state index in [1.165, 1.54) is 0 Å². The minimum Gasteiger partial charge on any atom is -0.497 e. The van der Waals surface area contributed by atoms with Crippen molar-refractivity contribution in [1.82, 2.24) is 4.98 Å². The van der Waals surface area contributed by atoms with Gasteiger partial charge in [0.2, 0.25) is 0 Å². The summed E-state index contributed by atoms with van der Waals surface area (Å²) in [6, 6.07) is 15.7. The molecule has 0 atom stereocenters. The van der Waals surface area contributed by atoms with E-state index in [4.69, 9.17) is 15.2 Å². The second kappa shape index (κ2) is 10.7. The first-order valence-corrected chi connectivity index (χ1v) is 11.2. The Hall–Kier alpha value is -4.07. The van der Waals surface area contributed by atoms with Gasteiger partial charge in [-0.1, -0.05) is 6.07 Å². The normalized spacial score (nSPS) is 13.9.